The first-order valence-electron chi connectivity index (χ1n) is 7.09. The SMILES string of the molecule is Cc1c(C(=O)Cn2cnc3sccc3c2=O)sc2ccccc12. The molecule has 0 unspecified atom stereocenters. The molecule has 114 valence electrons. The van der Waals surface area contributed by atoms with E-state index >= 15 is 0 Å². The van der Waals surface area contributed by atoms with Crippen LogP contribution in [0.4, 0.5) is 0 Å². The van der Waals surface area contributed by atoms with Crippen molar-refractivity contribution in [3.8, 4) is 0 Å². The summed E-state index contributed by atoms with van der Waals surface area (Å²) in [6.45, 7) is 1.97. The summed E-state index contributed by atoms with van der Waals surface area (Å²) in [6, 6.07) is 9.71. The molecule has 0 N–H and O–H groups in total. The van der Waals surface area contributed by atoms with E-state index in [1.165, 1.54) is 33.6 Å². The summed E-state index contributed by atoms with van der Waals surface area (Å²) < 4.78 is 2.48. The normalized spacial score (nSPS) is 11.3. The molecule has 4 aromatic rings. The lowest BCUT2D eigenvalue weighted by atomic mass is 10.1. The Morgan fingerprint density at radius 2 is 2.04 bits per heavy atom. The number of rotatable bonds is 3. The van der Waals surface area contributed by atoms with Crippen LogP contribution in [0, 0.1) is 6.92 Å². The van der Waals surface area contributed by atoms with E-state index in [-0.39, 0.29) is 17.9 Å². The second-order valence-corrected chi connectivity index (χ2v) is 7.24. The Morgan fingerprint density at radius 1 is 1.22 bits per heavy atom. The Morgan fingerprint density at radius 3 is 2.87 bits per heavy atom. The van der Waals surface area contributed by atoms with Gasteiger partial charge in [0.2, 0.25) is 0 Å². The number of Topliss-reactive ketones (excluding diaryl/α,β-unsaturated/α-hetero) is 1. The minimum absolute atomic E-state index is 0.0191. The van der Waals surface area contributed by atoms with Crippen LogP contribution in [0.15, 0.2) is 46.8 Å². The highest BCUT2D eigenvalue weighted by Crippen LogP contribution is 2.31. The summed E-state index contributed by atoms with van der Waals surface area (Å²) >= 11 is 2.90. The highest BCUT2D eigenvalue weighted by Gasteiger charge is 2.17. The summed E-state index contributed by atoms with van der Waals surface area (Å²) in [4.78, 5) is 30.7. The molecule has 23 heavy (non-hydrogen) atoms. The second kappa shape index (κ2) is 5.40. The van der Waals surface area contributed by atoms with Gasteiger partial charge in [0.05, 0.1) is 23.1 Å². The molecule has 0 saturated heterocycles. The van der Waals surface area contributed by atoms with Crippen molar-refractivity contribution in [2.24, 2.45) is 0 Å². The average Bonchev–Trinajstić information content (AvgIpc) is 3.16. The zero-order chi connectivity index (χ0) is 16.0. The van der Waals surface area contributed by atoms with Crippen molar-refractivity contribution in [1.82, 2.24) is 9.55 Å². The van der Waals surface area contributed by atoms with Gasteiger partial charge in [-0.25, -0.2) is 4.98 Å². The molecular formula is C17H12N2O2S2. The molecule has 0 amide bonds. The van der Waals surface area contributed by atoms with Crippen molar-refractivity contribution in [3.63, 3.8) is 0 Å². The van der Waals surface area contributed by atoms with E-state index in [0.717, 1.165) is 15.6 Å². The van der Waals surface area contributed by atoms with Gasteiger partial charge in [0.25, 0.3) is 5.56 Å². The van der Waals surface area contributed by atoms with Gasteiger partial charge in [-0.15, -0.1) is 22.7 Å². The van der Waals surface area contributed by atoms with Crippen molar-refractivity contribution < 1.29 is 4.79 Å². The van der Waals surface area contributed by atoms with E-state index in [1.807, 2.05) is 36.6 Å². The Bertz CT molecular complexity index is 1100. The molecule has 3 aromatic heterocycles. The van der Waals surface area contributed by atoms with Crippen molar-refractivity contribution >= 4 is 48.8 Å². The Kier molecular flexibility index (Phi) is 3.36. The van der Waals surface area contributed by atoms with Crippen LogP contribution in [0.25, 0.3) is 20.3 Å². The minimum Gasteiger partial charge on any atom is -0.291 e. The summed E-state index contributed by atoms with van der Waals surface area (Å²) in [5.41, 5.74) is 0.816. The van der Waals surface area contributed by atoms with Gasteiger partial charge in [-0.1, -0.05) is 18.2 Å². The lowest BCUT2D eigenvalue weighted by molar-refractivity contribution is 0.0974. The molecule has 1 aromatic carbocycles. The molecule has 0 bridgehead atoms. The zero-order valence-corrected chi connectivity index (χ0v) is 13.9. The van der Waals surface area contributed by atoms with Gasteiger partial charge in [-0.2, -0.15) is 0 Å². The number of carbonyl (C=O) groups is 1. The molecule has 0 radical (unpaired) electrons. The van der Waals surface area contributed by atoms with E-state index < -0.39 is 0 Å². The molecule has 4 rings (SSSR count). The van der Waals surface area contributed by atoms with Crippen molar-refractivity contribution in [2.45, 2.75) is 13.5 Å². The second-order valence-electron chi connectivity index (χ2n) is 5.29. The third-order valence-electron chi connectivity index (χ3n) is 3.86. The van der Waals surface area contributed by atoms with Crippen LogP contribution in [-0.2, 0) is 6.54 Å². The maximum absolute atomic E-state index is 12.7. The Balaban J connectivity index is 1.74. The highest BCUT2D eigenvalue weighted by molar-refractivity contribution is 7.21. The van der Waals surface area contributed by atoms with Gasteiger partial charge >= 0.3 is 0 Å². The lowest BCUT2D eigenvalue weighted by Gasteiger charge is -2.04. The number of fused-ring (bicyclic) bond motifs is 2. The zero-order valence-electron chi connectivity index (χ0n) is 12.3. The molecule has 0 fully saturated rings. The molecular weight excluding hydrogens is 328 g/mol. The van der Waals surface area contributed by atoms with Crippen LogP contribution in [0.5, 0.6) is 0 Å². The van der Waals surface area contributed by atoms with Crippen LogP contribution in [0.1, 0.15) is 15.2 Å². The van der Waals surface area contributed by atoms with Gasteiger partial charge in [0.15, 0.2) is 5.78 Å². The highest BCUT2D eigenvalue weighted by atomic mass is 32.1. The average molecular weight is 340 g/mol. The third kappa shape index (κ3) is 2.31. The first kappa shape index (κ1) is 14.3. The number of aromatic nitrogens is 2. The first-order valence-corrected chi connectivity index (χ1v) is 8.79. The van der Waals surface area contributed by atoms with E-state index in [2.05, 4.69) is 4.98 Å². The van der Waals surface area contributed by atoms with Crippen molar-refractivity contribution in [1.29, 1.82) is 0 Å². The molecule has 4 nitrogen and oxygen atoms in total. The summed E-state index contributed by atoms with van der Waals surface area (Å²) in [5.74, 6) is -0.0535. The van der Waals surface area contributed by atoms with E-state index in [9.17, 15) is 9.59 Å². The number of hydrogen-bond donors (Lipinski definition) is 0. The quantitative estimate of drug-likeness (QED) is 0.532. The first-order chi connectivity index (χ1) is 11.1. The number of ketones is 1. The molecule has 0 atom stereocenters. The third-order valence-corrected chi connectivity index (χ3v) is 6.00. The molecule has 0 aliphatic rings. The van der Waals surface area contributed by atoms with Crippen LogP contribution >= 0.6 is 22.7 Å². The molecule has 0 aliphatic heterocycles. The number of nitrogens with zero attached hydrogens (tertiary/aromatic N) is 2. The molecule has 6 heteroatoms. The van der Waals surface area contributed by atoms with E-state index in [4.69, 9.17) is 0 Å². The van der Waals surface area contributed by atoms with Gasteiger partial charge in [0, 0.05) is 4.70 Å². The fraction of sp³-hybridized carbons (Fsp3) is 0.118. The number of hydrogen-bond acceptors (Lipinski definition) is 5. The number of thiophene rings is 2. The summed E-state index contributed by atoms with van der Waals surface area (Å²) in [6.07, 6.45) is 1.46. The van der Waals surface area contributed by atoms with Gasteiger partial charge < -0.3 is 0 Å². The van der Waals surface area contributed by atoms with E-state index in [1.54, 1.807) is 6.07 Å². The number of aryl methyl sites for hydroxylation is 1. The lowest BCUT2D eigenvalue weighted by Crippen LogP contribution is -2.24. The largest absolute Gasteiger partial charge is 0.291 e. The standard InChI is InChI=1S/C17H12N2O2S2/c1-10-11-4-2-3-5-14(11)23-15(10)13(20)8-19-9-18-16-12(17(19)21)6-7-22-16/h2-7,9H,8H2,1H3. The maximum Gasteiger partial charge on any atom is 0.262 e. The molecule has 0 saturated carbocycles. The predicted molar refractivity (Wildman–Crippen MR) is 94.8 cm³/mol. The number of carbonyl (C=O) groups excluding carboxylic acids is 1. The van der Waals surface area contributed by atoms with E-state index in [0.29, 0.717) is 15.1 Å². The fourth-order valence-electron chi connectivity index (χ4n) is 2.67. The minimum atomic E-state index is -0.164. The maximum atomic E-state index is 12.7. The molecule has 0 aliphatic carbocycles. The van der Waals surface area contributed by atoms with Gasteiger partial charge in [0.1, 0.15) is 4.83 Å². The van der Waals surface area contributed by atoms with Crippen LogP contribution < -0.4 is 5.56 Å². The summed E-state index contributed by atoms with van der Waals surface area (Å²) in [5, 5.41) is 3.50. The van der Waals surface area contributed by atoms with Crippen LogP contribution in [-0.4, -0.2) is 15.3 Å². The summed E-state index contributed by atoms with van der Waals surface area (Å²) in [7, 11) is 0. The van der Waals surface area contributed by atoms with Gasteiger partial charge in [-0.05, 0) is 35.4 Å². The van der Waals surface area contributed by atoms with Crippen LogP contribution in [0.2, 0.25) is 0 Å². The van der Waals surface area contributed by atoms with Crippen molar-refractivity contribution in [3.05, 3.63) is 62.8 Å². The molecule has 0 spiro atoms. The Hall–Kier alpha value is -2.31. The topological polar surface area (TPSA) is 52.0 Å². The van der Waals surface area contributed by atoms with Crippen molar-refractivity contribution in [2.75, 3.05) is 0 Å². The fourth-order valence-corrected chi connectivity index (χ4v) is 4.54. The monoisotopic (exact) mass is 340 g/mol. The van der Waals surface area contributed by atoms with Gasteiger partial charge in [-0.3, -0.25) is 14.2 Å². The predicted octanol–water partition coefficient (Wildman–Crippen LogP) is 3.86. The molecule has 3 heterocycles. The van der Waals surface area contributed by atoms with Crippen LogP contribution in [0.3, 0.4) is 0 Å². The number of benzene rings is 1. The smallest absolute Gasteiger partial charge is 0.262 e. The Labute approximate surface area is 139 Å².